The van der Waals surface area contributed by atoms with Crippen LogP contribution in [0.2, 0.25) is 0 Å². The third-order valence-electron chi connectivity index (χ3n) is 4.75. The predicted molar refractivity (Wildman–Crippen MR) is 114 cm³/mol. The van der Waals surface area contributed by atoms with Crippen LogP contribution >= 0.6 is 11.8 Å². The van der Waals surface area contributed by atoms with Crippen LogP contribution in [0.1, 0.15) is 22.4 Å². The molecule has 160 valence electrons. The molecule has 0 unspecified atom stereocenters. The van der Waals surface area contributed by atoms with Crippen molar-refractivity contribution in [2.45, 2.75) is 30.8 Å². The Bertz CT molecular complexity index is 1160. The van der Waals surface area contributed by atoms with Crippen molar-refractivity contribution < 1.29 is 18.7 Å². The fraction of sp³-hybridized carbons (Fsp3) is 0.227. The Labute approximate surface area is 182 Å². The number of H-pyrrole nitrogens is 1. The number of hydrogen-bond acceptors (Lipinski definition) is 6. The van der Waals surface area contributed by atoms with E-state index in [1.54, 1.807) is 25.1 Å². The molecule has 3 aromatic rings. The van der Waals surface area contributed by atoms with Gasteiger partial charge in [-0.05, 0) is 42.3 Å². The van der Waals surface area contributed by atoms with Crippen LogP contribution in [-0.4, -0.2) is 22.7 Å². The van der Waals surface area contributed by atoms with Crippen molar-refractivity contribution in [3.05, 3.63) is 81.0 Å². The molecular weight excluding hydrogens is 421 g/mol. The van der Waals surface area contributed by atoms with Crippen LogP contribution in [0.4, 0.5) is 4.39 Å². The van der Waals surface area contributed by atoms with Gasteiger partial charge in [-0.25, -0.2) is 9.37 Å². The van der Waals surface area contributed by atoms with E-state index in [2.05, 4.69) is 15.3 Å². The fourth-order valence-electron chi connectivity index (χ4n) is 3.07. The summed E-state index contributed by atoms with van der Waals surface area (Å²) in [6, 6.07) is 11.6. The lowest BCUT2D eigenvalue weighted by Gasteiger charge is -2.09. The van der Waals surface area contributed by atoms with Gasteiger partial charge < -0.3 is 19.8 Å². The van der Waals surface area contributed by atoms with Gasteiger partial charge in [0.1, 0.15) is 5.82 Å². The van der Waals surface area contributed by atoms with E-state index >= 15 is 0 Å². The monoisotopic (exact) mass is 441 g/mol. The number of benzene rings is 2. The summed E-state index contributed by atoms with van der Waals surface area (Å²) in [5.41, 5.74) is 2.28. The highest BCUT2D eigenvalue weighted by Gasteiger charge is 2.15. The molecule has 2 aromatic carbocycles. The second-order valence-electron chi connectivity index (χ2n) is 6.99. The van der Waals surface area contributed by atoms with E-state index in [1.807, 2.05) is 12.1 Å². The van der Waals surface area contributed by atoms with Crippen molar-refractivity contribution >= 4 is 17.7 Å². The maximum atomic E-state index is 13.0. The lowest BCUT2D eigenvalue weighted by Crippen LogP contribution is -2.28. The summed E-state index contributed by atoms with van der Waals surface area (Å²) >= 11 is 1.34. The molecule has 0 atom stereocenters. The number of amides is 1. The topological polar surface area (TPSA) is 93.3 Å². The normalized spacial score (nSPS) is 12.1. The molecule has 2 heterocycles. The third-order valence-corrected chi connectivity index (χ3v) is 5.70. The molecule has 1 aliphatic rings. The number of aromatic nitrogens is 2. The largest absolute Gasteiger partial charge is 0.454 e. The first-order valence-corrected chi connectivity index (χ1v) is 10.6. The van der Waals surface area contributed by atoms with Gasteiger partial charge in [-0.2, -0.15) is 0 Å². The highest BCUT2D eigenvalue weighted by Crippen LogP contribution is 2.32. The highest BCUT2D eigenvalue weighted by atomic mass is 32.2. The third kappa shape index (κ3) is 5.24. The first-order valence-electron chi connectivity index (χ1n) is 9.60. The lowest BCUT2D eigenvalue weighted by atomic mass is 10.1. The molecule has 2 N–H and O–H groups in total. The first-order chi connectivity index (χ1) is 15.0. The van der Waals surface area contributed by atoms with Gasteiger partial charge in [0.2, 0.25) is 12.7 Å². The van der Waals surface area contributed by atoms with Crippen molar-refractivity contribution in [1.29, 1.82) is 0 Å². The second kappa shape index (κ2) is 9.22. The Morgan fingerprint density at radius 2 is 1.90 bits per heavy atom. The fourth-order valence-corrected chi connectivity index (χ4v) is 3.93. The van der Waals surface area contributed by atoms with Crippen LogP contribution in [0.25, 0.3) is 0 Å². The summed E-state index contributed by atoms with van der Waals surface area (Å²) in [6.07, 6.45) is -0.0678. The molecule has 1 aromatic heterocycles. The summed E-state index contributed by atoms with van der Waals surface area (Å²) in [4.78, 5) is 32.0. The summed E-state index contributed by atoms with van der Waals surface area (Å²) in [6.45, 7) is 2.21. The Balaban J connectivity index is 1.35. The molecule has 1 amide bonds. The van der Waals surface area contributed by atoms with Crippen molar-refractivity contribution in [3.8, 4) is 11.5 Å². The van der Waals surface area contributed by atoms with Crippen LogP contribution in [0.3, 0.4) is 0 Å². The number of carbonyl (C=O) groups excluding carboxylic acids is 1. The second-order valence-corrected chi connectivity index (χ2v) is 7.96. The molecule has 0 spiro atoms. The molecule has 31 heavy (non-hydrogen) atoms. The number of carbonyl (C=O) groups is 1. The molecular formula is C22H20FN3O4S. The van der Waals surface area contributed by atoms with Gasteiger partial charge in [-0.1, -0.05) is 30.0 Å². The van der Waals surface area contributed by atoms with Crippen LogP contribution in [0.5, 0.6) is 11.5 Å². The Morgan fingerprint density at radius 3 is 2.68 bits per heavy atom. The van der Waals surface area contributed by atoms with E-state index < -0.39 is 0 Å². The van der Waals surface area contributed by atoms with Crippen LogP contribution < -0.4 is 20.3 Å². The van der Waals surface area contributed by atoms with Gasteiger partial charge in [0.15, 0.2) is 16.7 Å². The van der Waals surface area contributed by atoms with Crippen molar-refractivity contribution in [3.63, 3.8) is 0 Å². The molecule has 0 radical (unpaired) electrons. The van der Waals surface area contributed by atoms with Crippen LogP contribution in [-0.2, 0) is 23.5 Å². The lowest BCUT2D eigenvalue weighted by molar-refractivity contribution is -0.120. The zero-order valence-corrected chi connectivity index (χ0v) is 17.6. The van der Waals surface area contributed by atoms with Gasteiger partial charge in [-0.15, -0.1) is 0 Å². The molecule has 0 aliphatic carbocycles. The quantitative estimate of drug-likeness (QED) is 0.432. The van der Waals surface area contributed by atoms with Gasteiger partial charge in [0.05, 0.1) is 6.42 Å². The number of aryl methyl sites for hydroxylation is 1. The van der Waals surface area contributed by atoms with E-state index in [1.165, 1.54) is 23.9 Å². The zero-order chi connectivity index (χ0) is 21.8. The van der Waals surface area contributed by atoms with Crippen molar-refractivity contribution in [2.75, 3.05) is 6.79 Å². The summed E-state index contributed by atoms with van der Waals surface area (Å²) < 4.78 is 23.6. The number of fused-ring (bicyclic) bond motifs is 1. The van der Waals surface area contributed by atoms with Gasteiger partial charge in [0.25, 0.3) is 5.56 Å². The molecule has 7 nitrogen and oxygen atoms in total. The Hall–Kier alpha value is -3.33. The number of thioether (sulfide) groups is 1. The molecule has 0 fully saturated rings. The number of rotatable bonds is 7. The number of aromatic amines is 1. The average molecular weight is 441 g/mol. The Kier molecular flexibility index (Phi) is 6.22. The molecule has 0 saturated heterocycles. The zero-order valence-electron chi connectivity index (χ0n) is 16.7. The molecule has 1 aliphatic heterocycles. The maximum absolute atomic E-state index is 13.0. The smallest absolute Gasteiger partial charge is 0.255 e. The maximum Gasteiger partial charge on any atom is 0.255 e. The van der Waals surface area contributed by atoms with Gasteiger partial charge >= 0.3 is 0 Å². The van der Waals surface area contributed by atoms with Gasteiger partial charge in [-0.3, -0.25) is 9.59 Å². The minimum atomic E-state index is -0.340. The minimum absolute atomic E-state index is 0.0678. The number of halogens is 1. The number of hydrogen-bond donors (Lipinski definition) is 2. The van der Waals surface area contributed by atoms with E-state index in [4.69, 9.17) is 9.47 Å². The number of nitrogens with one attached hydrogen (secondary N) is 2. The van der Waals surface area contributed by atoms with E-state index in [0.717, 1.165) is 11.1 Å². The van der Waals surface area contributed by atoms with E-state index in [0.29, 0.717) is 40.2 Å². The molecule has 0 saturated carbocycles. The molecule has 9 heteroatoms. The molecule has 4 rings (SSSR count). The average Bonchev–Trinajstić information content (AvgIpc) is 3.22. The number of ether oxygens (including phenoxy) is 2. The summed E-state index contributed by atoms with van der Waals surface area (Å²) in [5.74, 6) is 1.30. The predicted octanol–water partition coefficient (Wildman–Crippen LogP) is 3.10. The highest BCUT2D eigenvalue weighted by molar-refractivity contribution is 7.98. The van der Waals surface area contributed by atoms with Crippen molar-refractivity contribution in [1.82, 2.24) is 15.3 Å². The van der Waals surface area contributed by atoms with Crippen molar-refractivity contribution in [2.24, 2.45) is 0 Å². The summed E-state index contributed by atoms with van der Waals surface area (Å²) in [7, 11) is 0. The van der Waals surface area contributed by atoms with E-state index in [9.17, 15) is 14.0 Å². The number of nitrogens with zero attached hydrogens (tertiary/aromatic N) is 1. The van der Waals surface area contributed by atoms with Gasteiger partial charge in [0, 0.05) is 23.6 Å². The SMILES string of the molecule is Cc1nc(SCc2ccc(F)cc2)[nH]c(=O)c1CC(=O)NCc1ccc2c(c1)OCO2. The first kappa shape index (κ1) is 20.9. The van der Waals surface area contributed by atoms with E-state index in [-0.39, 0.29) is 30.5 Å². The minimum Gasteiger partial charge on any atom is -0.454 e. The summed E-state index contributed by atoms with van der Waals surface area (Å²) in [5, 5.41) is 3.26. The standard InChI is InChI=1S/C22H20FN3O4S/c1-13-17(9-20(27)24-10-15-4-7-18-19(8-15)30-12-29-18)21(28)26-22(25-13)31-11-14-2-5-16(23)6-3-14/h2-8H,9-12H2,1H3,(H,24,27)(H,25,26,28). The van der Waals surface area contributed by atoms with Crippen LogP contribution in [0.15, 0.2) is 52.4 Å². The van der Waals surface area contributed by atoms with Crippen LogP contribution in [0, 0.1) is 12.7 Å². The molecule has 0 bridgehead atoms. The Morgan fingerprint density at radius 1 is 1.16 bits per heavy atom.